The molecule has 0 bridgehead atoms. The molecule has 1 unspecified atom stereocenters. The van der Waals surface area contributed by atoms with Crippen molar-refractivity contribution in [3.63, 3.8) is 0 Å². The Kier molecular flexibility index (Phi) is 20.3. The molecule has 0 aromatic heterocycles. The maximum Gasteiger partial charge on any atom is 0.101 e. The van der Waals surface area contributed by atoms with Crippen LogP contribution in [0.3, 0.4) is 0 Å². The van der Waals surface area contributed by atoms with Crippen molar-refractivity contribution in [2.75, 3.05) is 13.1 Å². The van der Waals surface area contributed by atoms with Gasteiger partial charge in [0, 0.05) is 25.5 Å². The molecule has 2 nitrogen and oxygen atoms in total. The molecule has 1 aliphatic rings. The highest BCUT2D eigenvalue weighted by Crippen LogP contribution is 2.22. The minimum Gasteiger partial charge on any atom is -0.356 e. The van der Waals surface area contributed by atoms with Gasteiger partial charge in [0.25, 0.3) is 0 Å². The van der Waals surface area contributed by atoms with E-state index in [9.17, 15) is 0 Å². The van der Waals surface area contributed by atoms with Crippen molar-refractivity contribution >= 4 is 0 Å². The first-order chi connectivity index (χ1) is 15.8. The first-order valence-corrected chi connectivity index (χ1v) is 15.0. The summed E-state index contributed by atoms with van der Waals surface area (Å²) in [5, 5.41) is 0. The van der Waals surface area contributed by atoms with Gasteiger partial charge >= 0.3 is 0 Å². The lowest BCUT2D eigenvalue weighted by atomic mass is 10.0. The van der Waals surface area contributed by atoms with Crippen LogP contribution in [0.1, 0.15) is 162 Å². The zero-order valence-electron chi connectivity index (χ0n) is 22.6. The predicted octanol–water partition coefficient (Wildman–Crippen LogP) is 10.0. The molecule has 32 heavy (non-hydrogen) atoms. The van der Waals surface area contributed by atoms with E-state index in [1.54, 1.807) is 0 Å². The zero-order chi connectivity index (χ0) is 23.1. The lowest BCUT2D eigenvalue weighted by molar-refractivity contribution is 0.142. The van der Waals surface area contributed by atoms with Crippen LogP contribution in [0, 0.1) is 0 Å². The van der Waals surface area contributed by atoms with Crippen LogP contribution >= 0.6 is 0 Å². The molecule has 0 fully saturated rings. The number of hydrogen-bond donors (Lipinski definition) is 0. The van der Waals surface area contributed by atoms with Gasteiger partial charge in [-0.05, 0) is 26.2 Å². The van der Waals surface area contributed by atoms with Gasteiger partial charge in [-0.25, -0.2) is 0 Å². The summed E-state index contributed by atoms with van der Waals surface area (Å²) in [5.41, 5.74) is 0. The third-order valence-corrected chi connectivity index (χ3v) is 7.42. The van der Waals surface area contributed by atoms with Crippen molar-refractivity contribution in [3.05, 3.63) is 12.4 Å². The molecule has 0 amide bonds. The Morgan fingerprint density at radius 1 is 0.438 bits per heavy atom. The third-order valence-electron chi connectivity index (χ3n) is 7.42. The van der Waals surface area contributed by atoms with Gasteiger partial charge < -0.3 is 9.80 Å². The van der Waals surface area contributed by atoms with Gasteiger partial charge in [-0.1, -0.05) is 136 Å². The Bertz CT molecular complexity index is 406. The topological polar surface area (TPSA) is 6.48 Å². The van der Waals surface area contributed by atoms with E-state index in [0.29, 0.717) is 6.17 Å². The van der Waals surface area contributed by atoms with E-state index in [1.807, 2.05) is 0 Å². The minimum absolute atomic E-state index is 0.636. The van der Waals surface area contributed by atoms with Crippen LogP contribution in [0.5, 0.6) is 0 Å². The van der Waals surface area contributed by atoms with E-state index in [-0.39, 0.29) is 0 Å². The monoisotopic (exact) mass is 448 g/mol. The third kappa shape index (κ3) is 15.2. The molecule has 0 spiro atoms. The van der Waals surface area contributed by atoms with E-state index < -0.39 is 0 Å². The fourth-order valence-corrected chi connectivity index (χ4v) is 5.20. The molecule has 0 saturated heterocycles. The maximum atomic E-state index is 2.64. The molecule has 1 heterocycles. The minimum atomic E-state index is 0.636. The van der Waals surface area contributed by atoms with Gasteiger partial charge in [-0.2, -0.15) is 0 Å². The molecule has 0 saturated carbocycles. The summed E-state index contributed by atoms with van der Waals surface area (Å²) in [5.74, 6) is 0. The smallest absolute Gasteiger partial charge is 0.101 e. The summed E-state index contributed by atoms with van der Waals surface area (Å²) in [6, 6.07) is 0. The Labute approximate surface area is 203 Å². The van der Waals surface area contributed by atoms with Gasteiger partial charge in [0.05, 0.1) is 0 Å². The molecule has 0 radical (unpaired) electrons. The average Bonchev–Trinajstić information content (AvgIpc) is 3.20. The summed E-state index contributed by atoms with van der Waals surface area (Å²) >= 11 is 0. The normalized spacial score (nSPS) is 15.9. The van der Waals surface area contributed by atoms with E-state index in [0.717, 1.165) is 6.54 Å². The second kappa shape index (κ2) is 22.1. The maximum absolute atomic E-state index is 2.64. The molecular formula is C30H60N2. The van der Waals surface area contributed by atoms with Crippen molar-refractivity contribution in [1.29, 1.82) is 0 Å². The lowest BCUT2D eigenvalue weighted by Crippen LogP contribution is -2.38. The molecule has 1 rings (SSSR count). The second-order valence-electron chi connectivity index (χ2n) is 10.4. The summed E-state index contributed by atoms with van der Waals surface area (Å²) < 4.78 is 0. The van der Waals surface area contributed by atoms with Crippen LogP contribution in [0.15, 0.2) is 12.4 Å². The van der Waals surface area contributed by atoms with Crippen LogP contribution in [0.25, 0.3) is 0 Å². The van der Waals surface area contributed by atoms with E-state index in [1.165, 1.54) is 148 Å². The quantitative estimate of drug-likeness (QED) is 0.135. The van der Waals surface area contributed by atoms with Gasteiger partial charge in [-0.15, -0.1) is 0 Å². The molecule has 0 aliphatic carbocycles. The molecule has 0 aromatic carbocycles. The molecule has 1 aliphatic heterocycles. The highest BCUT2D eigenvalue weighted by molar-refractivity contribution is 4.96. The van der Waals surface area contributed by atoms with Gasteiger partial charge in [0.15, 0.2) is 0 Å². The SMILES string of the molecule is CCCCCCCCCCCCCCCN1C=CN(CC)C1CCCCCCCCCC. The largest absolute Gasteiger partial charge is 0.356 e. The predicted molar refractivity (Wildman–Crippen MR) is 145 cm³/mol. The Morgan fingerprint density at radius 3 is 1.25 bits per heavy atom. The highest BCUT2D eigenvalue weighted by atomic mass is 15.4. The van der Waals surface area contributed by atoms with E-state index >= 15 is 0 Å². The number of unbranched alkanes of at least 4 members (excludes halogenated alkanes) is 19. The first-order valence-electron chi connectivity index (χ1n) is 15.0. The van der Waals surface area contributed by atoms with Crippen LogP contribution in [-0.4, -0.2) is 29.1 Å². The Hall–Kier alpha value is -0.660. The summed E-state index contributed by atoms with van der Waals surface area (Å²) in [6.45, 7) is 9.32. The molecule has 0 aromatic rings. The Morgan fingerprint density at radius 2 is 0.812 bits per heavy atom. The lowest BCUT2D eigenvalue weighted by Gasteiger charge is -2.32. The molecular weight excluding hydrogens is 388 g/mol. The second-order valence-corrected chi connectivity index (χ2v) is 10.4. The van der Waals surface area contributed by atoms with Gasteiger partial charge in [0.1, 0.15) is 6.17 Å². The number of rotatable bonds is 24. The van der Waals surface area contributed by atoms with Gasteiger partial charge in [0.2, 0.25) is 0 Å². The molecule has 1 atom stereocenters. The first kappa shape index (κ1) is 29.4. The van der Waals surface area contributed by atoms with Crippen molar-refractivity contribution in [2.45, 2.75) is 168 Å². The highest BCUT2D eigenvalue weighted by Gasteiger charge is 2.23. The van der Waals surface area contributed by atoms with E-state index in [4.69, 9.17) is 0 Å². The standard InChI is InChI=1S/C30H60N2/c1-4-7-9-11-13-15-16-17-18-19-21-23-25-27-32-29-28-31(6-3)30(32)26-24-22-20-14-12-10-8-5-2/h28-30H,4-27H2,1-3H3. The van der Waals surface area contributed by atoms with Crippen LogP contribution in [-0.2, 0) is 0 Å². The number of nitrogens with zero attached hydrogens (tertiary/aromatic N) is 2. The summed E-state index contributed by atoms with van der Waals surface area (Å²) in [6.07, 6.45) is 36.8. The van der Waals surface area contributed by atoms with E-state index in [2.05, 4.69) is 43.0 Å². The van der Waals surface area contributed by atoms with Crippen molar-refractivity contribution in [1.82, 2.24) is 9.80 Å². The van der Waals surface area contributed by atoms with Crippen LogP contribution in [0.4, 0.5) is 0 Å². The molecule has 190 valence electrons. The molecule has 2 heteroatoms. The summed E-state index contributed by atoms with van der Waals surface area (Å²) in [4.78, 5) is 5.20. The van der Waals surface area contributed by atoms with Crippen molar-refractivity contribution < 1.29 is 0 Å². The zero-order valence-corrected chi connectivity index (χ0v) is 22.6. The fraction of sp³-hybridized carbons (Fsp3) is 0.933. The van der Waals surface area contributed by atoms with Crippen molar-refractivity contribution in [2.24, 2.45) is 0 Å². The van der Waals surface area contributed by atoms with Crippen LogP contribution in [0.2, 0.25) is 0 Å². The average molecular weight is 449 g/mol. The van der Waals surface area contributed by atoms with Crippen molar-refractivity contribution in [3.8, 4) is 0 Å². The van der Waals surface area contributed by atoms with Crippen LogP contribution < -0.4 is 0 Å². The molecule has 0 N–H and O–H groups in total. The fourth-order valence-electron chi connectivity index (χ4n) is 5.20. The van der Waals surface area contributed by atoms with Gasteiger partial charge in [-0.3, -0.25) is 0 Å². The summed E-state index contributed by atoms with van der Waals surface area (Å²) in [7, 11) is 0. The number of hydrogen-bond acceptors (Lipinski definition) is 2. The Balaban J connectivity index is 1.99.